The summed E-state index contributed by atoms with van der Waals surface area (Å²) in [5, 5.41) is 0. The molecule has 0 aliphatic heterocycles. The highest BCUT2D eigenvalue weighted by Crippen LogP contribution is 2.28. The second kappa shape index (κ2) is 7.47. The first-order chi connectivity index (χ1) is 13.4. The van der Waals surface area contributed by atoms with Crippen molar-refractivity contribution in [2.45, 2.75) is 0 Å². The summed E-state index contributed by atoms with van der Waals surface area (Å²) < 4.78 is 11.9. The third kappa shape index (κ3) is 3.29. The highest BCUT2D eigenvalue weighted by Gasteiger charge is 2.17. The highest BCUT2D eigenvalue weighted by atomic mass is 16.5. The quantitative estimate of drug-likeness (QED) is 0.618. The van der Waals surface area contributed by atoms with E-state index in [1.165, 1.54) is 36.9 Å². The largest absolute Gasteiger partial charge is 0.497 e. The van der Waals surface area contributed by atoms with Gasteiger partial charge in [0, 0.05) is 25.7 Å². The van der Waals surface area contributed by atoms with Crippen LogP contribution in [0.4, 0.5) is 5.95 Å². The number of methoxy groups -OCH3 is 2. The standard InChI is InChI=1S/C19H19N5O4/c1-6-15(25)23(2)19-20-10-14-17(22-19)24(3)18(26)16(21-14)11-7-12(27-4)9-13(8-11)28-5/h6-10H,1H2,2-5H3. The molecule has 2 heterocycles. The summed E-state index contributed by atoms with van der Waals surface area (Å²) >= 11 is 0. The lowest BCUT2D eigenvalue weighted by Gasteiger charge is -2.14. The topological polar surface area (TPSA) is 99.4 Å². The number of anilines is 1. The molecule has 0 spiro atoms. The maximum Gasteiger partial charge on any atom is 0.278 e. The van der Waals surface area contributed by atoms with Crippen molar-refractivity contribution in [2.75, 3.05) is 26.2 Å². The van der Waals surface area contributed by atoms with Crippen LogP contribution in [0.5, 0.6) is 11.5 Å². The lowest BCUT2D eigenvalue weighted by molar-refractivity contribution is -0.113. The van der Waals surface area contributed by atoms with Crippen LogP contribution in [0, 0.1) is 0 Å². The number of rotatable bonds is 5. The third-order valence-corrected chi connectivity index (χ3v) is 4.22. The second-order valence-electron chi connectivity index (χ2n) is 5.91. The van der Waals surface area contributed by atoms with Gasteiger partial charge in [-0.25, -0.2) is 9.97 Å². The van der Waals surface area contributed by atoms with Gasteiger partial charge < -0.3 is 9.47 Å². The Morgan fingerprint density at radius 2 is 1.82 bits per heavy atom. The van der Waals surface area contributed by atoms with Crippen LogP contribution in [0.2, 0.25) is 0 Å². The van der Waals surface area contributed by atoms with Crippen molar-refractivity contribution in [3.8, 4) is 22.8 Å². The molecule has 9 heteroatoms. The Morgan fingerprint density at radius 1 is 1.18 bits per heavy atom. The Morgan fingerprint density at radius 3 is 2.39 bits per heavy atom. The molecule has 0 saturated carbocycles. The summed E-state index contributed by atoms with van der Waals surface area (Å²) in [6.45, 7) is 3.44. The first kappa shape index (κ1) is 19.0. The van der Waals surface area contributed by atoms with Crippen LogP contribution in [0.25, 0.3) is 22.4 Å². The molecule has 0 saturated heterocycles. The normalized spacial score (nSPS) is 10.6. The van der Waals surface area contributed by atoms with Crippen LogP contribution < -0.4 is 19.9 Å². The summed E-state index contributed by atoms with van der Waals surface area (Å²) in [4.78, 5) is 38.8. The summed E-state index contributed by atoms with van der Waals surface area (Å²) in [5.41, 5.74) is 1.10. The number of aryl methyl sites for hydroxylation is 1. The van der Waals surface area contributed by atoms with Gasteiger partial charge in [-0.15, -0.1) is 0 Å². The van der Waals surface area contributed by atoms with Crippen LogP contribution >= 0.6 is 0 Å². The van der Waals surface area contributed by atoms with E-state index in [9.17, 15) is 9.59 Å². The number of carbonyl (C=O) groups is 1. The average molecular weight is 381 g/mol. The molecule has 144 valence electrons. The van der Waals surface area contributed by atoms with Gasteiger partial charge in [0.15, 0.2) is 5.65 Å². The SMILES string of the molecule is C=CC(=O)N(C)c1ncc2nc(-c3cc(OC)cc(OC)c3)c(=O)n(C)c2n1. The molecule has 0 radical (unpaired) electrons. The number of amides is 1. The van der Waals surface area contributed by atoms with E-state index in [0.29, 0.717) is 28.2 Å². The fourth-order valence-corrected chi connectivity index (χ4v) is 2.64. The molecule has 3 aromatic rings. The van der Waals surface area contributed by atoms with Crippen LogP contribution in [0.3, 0.4) is 0 Å². The molecule has 9 nitrogen and oxygen atoms in total. The van der Waals surface area contributed by atoms with Gasteiger partial charge in [0.1, 0.15) is 22.7 Å². The lowest BCUT2D eigenvalue weighted by atomic mass is 10.1. The van der Waals surface area contributed by atoms with Crippen molar-refractivity contribution in [2.24, 2.45) is 7.05 Å². The summed E-state index contributed by atoms with van der Waals surface area (Å²) in [7, 11) is 6.16. The van der Waals surface area contributed by atoms with E-state index >= 15 is 0 Å². The van der Waals surface area contributed by atoms with Crippen molar-refractivity contribution in [3.63, 3.8) is 0 Å². The smallest absolute Gasteiger partial charge is 0.278 e. The van der Waals surface area contributed by atoms with Gasteiger partial charge in [-0.05, 0) is 18.2 Å². The van der Waals surface area contributed by atoms with Gasteiger partial charge >= 0.3 is 0 Å². The summed E-state index contributed by atoms with van der Waals surface area (Å²) in [6, 6.07) is 5.10. The molecule has 0 N–H and O–H groups in total. The summed E-state index contributed by atoms with van der Waals surface area (Å²) in [5.74, 6) is 0.853. The van der Waals surface area contributed by atoms with E-state index in [4.69, 9.17) is 9.47 Å². The molecule has 0 bridgehead atoms. The molecule has 0 fully saturated rings. The number of benzene rings is 1. The minimum Gasteiger partial charge on any atom is -0.497 e. The Hall–Kier alpha value is -3.75. The number of carbonyl (C=O) groups excluding carboxylic acids is 1. The zero-order valence-electron chi connectivity index (χ0n) is 16.0. The van der Waals surface area contributed by atoms with E-state index in [1.54, 1.807) is 25.2 Å². The zero-order valence-corrected chi connectivity index (χ0v) is 16.0. The number of fused-ring (bicyclic) bond motifs is 1. The minimum atomic E-state index is -0.364. The fourth-order valence-electron chi connectivity index (χ4n) is 2.64. The Kier molecular flexibility index (Phi) is 5.08. The van der Waals surface area contributed by atoms with Crippen LogP contribution in [-0.2, 0) is 11.8 Å². The second-order valence-corrected chi connectivity index (χ2v) is 5.91. The molecule has 3 rings (SSSR count). The van der Waals surface area contributed by atoms with E-state index in [0.717, 1.165) is 6.08 Å². The number of ether oxygens (including phenoxy) is 2. The van der Waals surface area contributed by atoms with E-state index < -0.39 is 0 Å². The van der Waals surface area contributed by atoms with Crippen molar-refractivity contribution in [3.05, 3.63) is 47.4 Å². The van der Waals surface area contributed by atoms with Gasteiger partial charge in [0.2, 0.25) is 5.95 Å². The van der Waals surface area contributed by atoms with Gasteiger partial charge in [0.05, 0.1) is 20.4 Å². The van der Waals surface area contributed by atoms with E-state index in [-0.39, 0.29) is 23.1 Å². The number of nitrogens with zero attached hydrogens (tertiary/aromatic N) is 5. The molecule has 28 heavy (non-hydrogen) atoms. The van der Waals surface area contributed by atoms with Crippen LogP contribution in [-0.4, -0.2) is 46.7 Å². The monoisotopic (exact) mass is 381 g/mol. The number of aromatic nitrogens is 4. The minimum absolute atomic E-state index is 0.144. The van der Waals surface area contributed by atoms with Crippen molar-refractivity contribution < 1.29 is 14.3 Å². The molecular formula is C19H19N5O4. The van der Waals surface area contributed by atoms with Gasteiger partial charge in [-0.3, -0.25) is 19.1 Å². The first-order valence-electron chi connectivity index (χ1n) is 8.27. The predicted octanol–water partition coefficient (Wildman–Crippen LogP) is 1.56. The maximum atomic E-state index is 12.9. The predicted molar refractivity (Wildman–Crippen MR) is 105 cm³/mol. The van der Waals surface area contributed by atoms with Crippen molar-refractivity contribution in [1.82, 2.24) is 19.5 Å². The Balaban J connectivity index is 2.20. The molecule has 2 aromatic heterocycles. The highest BCUT2D eigenvalue weighted by molar-refractivity contribution is 5.99. The Bertz CT molecular complexity index is 1120. The van der Waals surface area contributed by atoms with Crippen LogP contribution in [0.1, 0.15) is 0 Å². The zero-order chi connectivity index (χ0) is 20.4. The lowest BCUT2D eigenvalue weighted by Crippen LogP contribution is -2.27. The number of likely N-dealkylation sites (N-methyl/N-ethyl adjacent to an activating group) is 1. The molecule has 1 amide bonds. The maximum absolute atomic E-state index is 12.9. The molecule has 0 unspecified atom stereocenters. The van der Waals surface area contributed by atoms with E-state index in [2.05, 4.69) is 21.5 Å². The number of hydrogen-bond acceptors (Lipinski definition) is 7. The van der Waals surface area contributed by atoms with Gasteiger partial charge in [-0.2, -0.15) is 4.98 Å². The summed E-state index contributed by atoms with van der Waals surface area (Å²) in [6.07, 6.45) is 2.62. The molecule has 0 atom stereocenters. The van der Waals surface area contributed by atoms with Crippen LogP contribution in [0.15, 0.2) is 41.8 Å². The average Bonchev–Trinajstić information content (AvgIpc) is 2.74. The van der Waals surface area contributed by atoms with Gasteiger partial charge in [0.25, 0.3) is 11.5 Å². The fraction of sp³-hybridized carbons (Fsp3) is 0.211. The first-order valence-corrected chi connectivity index (χ1v) is 8.27. The molecular weight excluding hydrogens is 362 g/mol. The van der Waals surface area contributed by atoms with E-state index in [1.807, 2.05) is 0 Å². The van der Waals surface area contributed by atoms with Crippen molar-refractivity contribution >= 4 is 23.0 Å². The van der Waals surface area contributed by atoms with Gasteiger partial charge in [-0.1, -0.05) is 6.58 Å². The third-order valence-electron chi connectivity index (χ3n) is 4.22. The Labute approximate surface area is 160 Å². The molecule has 0 aliphatic carbocycles. The van der Waals surface area contributed by atoms with Crippen molar-refractivity contribution in [1.29, 1.82) is 0 Å². The molecule has 0 aliphatic rings. The molecule has 1 aromatic carbocycles. The number of hydrogen-bond donors (Lipinski definition) is 0.